The van der Waals surface area contributed by atoms with Crippen LogP contribution in [0.1, 0.15) is 101 Å². The van der Waals surface area contributed by atoms with Gasteiger partial charge in [-0.1, -0.05) is 32.9 Å². The van der Waals surface area contributed by atoms with Crippen molar-refractivity contribution in [3.63, 3.8) is 0 Å². The Hall–Kier alpha value is -1.81. The monoisotopic (exact) mass is 786 g/mol. The van der Waals surface area contributed by atoms with Crippen molar-refractivity contribution in [1.29, 1.82) is 0 Å². The average molecular weight is 787 g/mol. The van der Waals surface area contributed by atoms with Crippen LogP contribution in [-0.2, 0) is 33.2 Å². The van der Waals surface area contributed by atoms with Crippen LogP contribution in [-0.4, -0.2) is 147 Å². The third-order valence-corrected chi connectivity index (χ3v) is 12.7. The molecule has 0 aromatic heterocycles. The lowest BCUT2D eigenvalue weighted by molar-refractivity contribution is -0.318. The molecule has 3 aliphatic rings. The molecular weight excluding hydrogens is 716 g/mol. The molecule has 0 spiro atoms. The predicted molar refractivity (Wildman–Crippen MR) is 203 cm³/mol. The predicted octanol–water partition coefficient (Wildman–Crippen LogP) is 2.75. The highest BCUT2D eigenvalue weighted by Crippen LogP contribution is 2.41. The van der Waals surface area contributed by atoms with Gasteiger partial charge in [0.15, 0.2) is 12.6 Å². The van der Waals surface area contributed by atoms with Gasteiger partial charge in [0.05, 0.1) is 53.7 Å². The summed E-state index contributed by atoms with van der Waals surface area (Å²) < 4.78 is 37.4. The van der Waals surface area contributed by atoms with Crippen molar-refractivity contribution >= 4 is 5.97 Å². The lowest BCUT2D eigenvalue weighted by Crippen LogP contribution is -2.61. The van der Waals surface area contributed by atoms with Crippen LogP contribution in [0.15, 0.2) is 5.18 Å². The Balaban J connectivity index is 2.20. The van der Waals surface area contributed by atoms with E-state index in [-0.39, 0.29) is 25.4 Å². The minimum absolute atomic E-state index is 0.0790. The molecule has 0 amide bonds. The highest BCUT2D eigenvalue weighted by Gasteiger charge is 2.54. The van der Waals surface area contributed by atoms with Crippen molar-refractivity contribution in [3.05, 3.63) is 4.91 Å². The summed E-state index contributed by atoms with van der Waals surface area (Å²) in [6.45, 7) is 17.0. The lowest BCUT2D eigenvalue weighted by Gasteiger charge is -2.49. The molecule has 0 radical (unpaired) electrons. The van der Waals surface area contributed by atoms with Crippen molar-refractivity contribution < 1.29 is 58.7 Å². The first-order valence-electron chi connectivity index (χ1n) is 19.8. The molecule has 0 bridgehead atoms. The van der Waals surface area contributed by atoms with Gasteiger partial charge >= 0.3 is 5.97 Å². The first-order chi connectivity index (χ1) is 25.5. The number of hydrogen-bond acceptors (Lipinski definition) is 15. The van der Waals surface area contributed by atoms with E-state index in [1.807, 2.05) is 18.9 Å². The van der Waals surface area contributed by atoms with Crippen LogP contribution in [0, 0.1) is 40.9 Å². The Kier molecular flexibility index (Phi) is 16.7. The number of nitrogens with zero attached hydrogens (tertiary/aromatic N) is 2. The average Bonchev–Trinajstić information content (AvgIpc) is 3.12. The van der Waals surface area contributed by atoms with E-state index in [9.17, 15) is 35.2 Å². The number of likely N-dealkylation sites (N-methyl/N-ethyl adjacent to an activating group) is 1. The van der Waals surface area contributed by atoms with Gasteiger partial charge in [-0.25, -0.2) is 0 Å². The molecular formula is C40H70N2O13. The topological polar surface area (TPSA) is 206 Å². The molecule has 3 aliphatic heterocycles. The van der Waals surface area contributed by atoms with Gasteiger partial charge in [0.25, 0.3) is 0 Å². The van der Waals surface area contributed by atoms with E-state index in [4.69, 9.17) is 34.8 Å². The van der Waals surface area contributed by atoms with Crippen LogP contribution in [0.2, 0.25) is 0 Å². The third-order valence-electron chi connectivity index (χ3n) is 12.7. The molecule has 15 heteroatoms. The van der Waals surface area contributed by atoms with E-state index in [0.717, 1.165) is 0 Å². The summed E-state index contributed by atoms with van der Waals surface area (Å²) in [5, 5.41) is 61.8. The van der Waals surface area contributed by atoms with E-state index in [0.29, 0.717) is 19.4 Å². The zero-order valence-corrected chi connectivity index (χ0v) is 35.0. The second-order valence-electron chi connectivity index (χ2n) is 17.3. The van der Waals surface area contributed by atoms with Gasteiger partial charge in [-0.05, 0) is 73.8 Å². The van der Waals surface area contributed by atoms with Crippen LogP contribution in [0.3, 0.4) is 0 Å². The van der Waals surface area contributed by atoms with Gasteiger partial charge in [0.1, 0.15) is 23.9 Å². The first-order valence-corrected chi connectivity index (χ1v) is 19.8. The van der Waals surface area contributed by atoms with Crippen LogP contribution in [0.25, 0.3) is 0 Å². The van der Waals surface area contributed by atoms with Crippen LogP contribution >= 0.6 is 0 Å². The molecule has 15 nitrogen and oxygen atoms in total. The number of aliphatic hydroxyl groups is 5. The fraction of sp³-hybridized carbons (Fsp3) is 0.925. The Morgan fingerprint density at radius 3 is 2.18 bits per heavy atom. The van der Waals surface area contributed by atoms with E-state index >= 15 is 0 Å². The Morgan fingerprint density at radius 1 is 0.982 bits per heavy atom. The maximum Gasteiger partial charge on any atom is 0.311 e. The largest absolute Gasteiger partial charge is 0.459 e. The zero-order valence-electron chi connectivity index (χ0n) is 35.0. The zero-order chi connectivity index (χ0) is 41.8. The van der Waals surface area contributed by atoms with Gasteiger partial charge in [-0.15, -0.1) is 12.3 Å². The molecule has 0 aromatic rings. The number of terminal acetylenes is 1. The molecule has 5 N–H and O–H groups in total. The summed E-state index contributed by atoms with van der Waals surface area (Å²) >= 11 is 0. The molecule has 3 fully saturated rings. The molecule has 19 atom stereocenters. The van der Waals surface area contributed by atoms with Crippen LogP contribution < -0.4 is 0 Å². The normalized spacial score (nSPS) is 48.1. The summed E-state index contributed by atoms with van der Waals surface area (Å²) in [7, 11) is 3.34. The number of hydrogen-bond donors (Lipinski definition) is 5. The fourth-order valence-electron chi connectivity index (χ4n) is 9.12. The summed E-state index contributed by atoms with van der Waals surface area (Å²) in [5.74, 6) is -1.68. The number of cyclic esters (lactones) is 1. The summed E-state index contributed by atoms with van der Waals surface area (Å²) in [5.41, 5.74) is -4.86. The number of ether oxygens (including phenoxy) is 6. The molecule has 318 valence electrons. The highest BCUT2D eigenvalue weighted by molar-refractivity contribution is 5.73. The highest BCUT2D eigenvalue weighted by atomic mass is 16.7. The molecule has 3 rings (SSSR count). The quantitative estimate of drug-likeness (QED) is 0.123. The van der Waals surface area contributed by atoms with E-state index < -0.39 is 114 Å². The smallest absolute Gasteiger partial charge is 0.311 e. The maximum absolute atomic E-state index is 14.2. The Morgan fingerprint density at radius 2 is 1.62 bits per heavy atom. The summed E-state index contributed by atoms with van der Waals surface area (Å²) in [4.78, 5) is 28.6. The van der Waals surface area contributed by atoms with Crippen LogP contribution in [0.4, 0.5) is 0 Å². The minimum Gasteiger partial charge on any atom is -0.459 e. The molecule has 0 aromatic carbocycles. The van der Waals surface area contributed by atoms with Crippen molar-refractivity contribution in [2.45, 2.75) is 192 Å². The fourth-order valence-corrected chi connectivity index (χ4v) is 9.12. The van der Waals surface area contributed by atoms with E-state index in [2.05, 4.69) is 11.1 Å². The summed E-state index contributed by atoms with van der Waals surface area (Å²) in [6.07, 6.45) is -3.96. The summed E-state index contributed by atoms with van der Waals surface area (Å²) in [6, 6.07) is -1.49. The van der Waals surface area contributed by atoms with Gasteiger partial charge < -0.3 is 54.0 Å². The number of carbonyl (C=O) groups excluding carboxylic acids is 1. The maximum atomic E-state index is 14.2. The molecule has 0 saturated carbocycles. The lowest BCUT2D eigenvalue weighted by atomic mass is 9.72. The van der Waals surface area contributed by atoms with Gasteiger partial charge in [-0.2, -0.15) is 4.91 Å². The molecule has 3 heterocycles. The molecule has 55 heavy (non-hydrogen) atoms. The number of carbonyl (C=O) groups is 1. The van der Waals surface area contributed by atoms with E-state index in [1.165, 1.54) is 21.0 Å². The number of esters is 1. The van der Waals surface area contributed by atoms with E-state index in [1.54, 1.807) is 48.5 Å². The van der Waals surface area contributed by atoms with Crippen LogP contribution in [0.5, 0.6) is 0 Å². The van der Waals surface area contributed by atoms with Crippen molar-refractivity contribution in [2.75, 3.05) is 20.7 Å². The third kappa shape index (κ3) is 10.6. The van der Waals surface area contributed by atoms with Gasteiger partial charge in [0, 0.05) is 44.4 Å². The first kappa shape index (κ1) is 47.6. The number of methoxy groups -OCH3 is 1. The number of rotatable bonds is 10. The standard InChI is InChI=1S/C40H70N2O13/c1-14-16-17-42(12)27-18-22(4)51-37(31(27)43)55-35-24(6)32(54-29-20-39(10,50-13)34(45)26(8)52-29)25(7)36(46)53-28(15-2)40(11,48)33(44)23(5)30(41-49)21(3)19-38(35,9)47/h1,21-35,37,43-45,47-48H,15-20H2,2-13H3/t21-,22-,23+,24+,25-,26+,27+,28-,29+,30?,31-,32+,33-,34+,35-,37+,38-,39-,40-/m1/s1. The Labute approximate surface area is 327 Å². The minimum atomic E-state index is -1.99. The number of aliphatic hydroxyl groups excluding tert-OH is 3. The molecule has 0 aliphatic carbocycles. The number of nitroso groups, excluding NO2 is 1. The molecule has 3 saturated heterocycles. The Bertz CT molecular complexity index is 1300. The van der Waals surface area contributed by atoms with Crippen molar-refractivity contribution in [1.82, 2.24) is 4.90 Å². The SMILES string of the molecule is C#CCCN(C)[C@H]1C[C@@H](C)O[C@@H](O[C@@H]2[C@@H](C)[C@H](O[C@H]3C[C@@](C)(OC)[C@@H](O)[C@H](C)O3)[C@@H](C)C(=O)O[C@H](CC)[C@@](C)(O)[C@H](O)[C@@H](C)C(N=O)[C@H](C)C[C@@]2(C)O)[C@@H]1O. The molecule has 1 unspecified atom stereocenters. The van der Waals surface area contributed by atoms with Gasteiger partial charge in [-0.3, -0.25) is 9.69 Å². The van der Waals surface area contributed by atoms with Crippen molar-refractivity contribution in [3.8, 4) is 12.3 Å². The second kappa shape index (κ2) is 19.3. The van der Waals surface area contributed by atoms with Crippen molar-refractivity contribution in [2.24, 2.45) is 28.8 Å². The van der Waals surface area contributed by atoms with Gasteiger partial charge in [0.2, 0.25) is 0 Å². The second-order valence-corrected chi connectivity index (χ2v) is 17.3.